The molecule has 0 unspecified atom stereocenters. The molecule has 2 saturated heterocycles. The number of amides is 2. The molecule has 0 atom stereocenters. The van der Waals surface area contributed by atoms with Crippen LogP contribution in [0.15, 0.2) is 42.9 Å². The Labute approximate surface area is 153 Å². The smallest absolute Gasteiger partial charge is 0.322 e. The normalized spacial score (nSPS) is 17.5. The average Bonchev–Trinajstić information content (AvgIpc) is 3.24. The molecule has 136 valence electrons. The van der Waals surface area contributed by atoms with Crippen LogP contribution in [-0.4, -0.2) is 60.2 Å². The number of rotatable bonds is 3. The van der Waals surface area contributed by atoms with Gasteiger partial charge in [-0.05, 0) is 25.0 Å². The van der Waals surface area contributed by atoms with Gasteiger partial charge in [-0.25, -0.2) is 9.78 Å². The molecule has 1 aromatic heterocycles. The molecule has 7 heteroatoms. The third kappa shape index (κ3) is 3.56. The zero-order chi connectivity index (χ0) is 17.8. The number of hydrogen-bond acceptors (Lipinski definition) is 5. The number of carbonyl (C=O) groups is 1. The van der Waals surface area contributed by atoms with E-state index >= 15 is 0 Å². The van der Waals surface area contributed by atoms with Crippen LogP contribution in [0.25, 0.3) is 0 Å². The van der Waals surface area contributed by atoms with Crippen LogP contribution >= 0.6 is 0 Å². The maximum atomic E-state index is 12.7. The summed E-state index contributed by atoms with van der Waals surface area (Å²) in [6, 6.07) is 8.05. The number of nitrogens with one attached hydrogen (secondary N) is 1. The molecule has 1 N–H and O–H groups in total. The van der Waals surface area contributed by atoms with Crippen molar-refractivity contribution in [2.75, 3.05) is 54.4 Å². The van der Waals surface area contributed by atoms with Gasteiger partial charge in [0, 0.05) is 51.7 Å². The van der Waals surface area contributed by atoms with E-state index in [-0.39, 0.29) is 6.03 Å². The summed E-state index contributed by atoms with van der Waals surface area (Å²) in [5, 5.41) is 3.11. The summed E-state index contributed by atoms with van der Waals surface area (Å²) in [6.07, 6.45) is 7.57. The van der Waals surface area contributed by atoms with E-state index in [1.54, 1.807) is 18.6 Å². The third-order valence-electron chi connectivity index (χ3n) is 5.03. The van der Waals surface area contributed by atoms with Gasteiger partial charge in [-0.1, -0.05) is 12.1 Å². The summed E-state index contributed by atoms with van der Waals surface area (Å²) < 4.78 is 0. The number of aromatic nitrogens is 2. The lowest BCUT2D eigenvalue weighted by atomic mass is 10.2. The van der Waals surface area contributed by atoms with Gasteiger partial charge in [0.1, 0.15) is 5.82 Å². The van der Waals surface area contributed by atoms with E-state index in [2.05, 4.69) is 31.2 Å². The number of urea groups is 1. The van der Waals surface area contributed by atoms with Gasteiger partial charge < -0.3 is 20.0 Å². The first-order valence-corrected chi connectivity index (χ1v) is 9.22. The second-order valence-electron chi connectivity index (χ2n) is 6.68. The van der Waals surface area contributed by atoms with E-state index in [1.807, 2.05) is 23.1 Å². The molecule has 0 radical (unpaired) electrons. The van der Waals surface area contributed by atoms with Crippen LogP contribution in [0.1, 0.15) is 12.8 Å². The molecule has 0 spiro atoms. The average molecular weight is 352 g/mol. The monoisotopic (exact) mass is 352 g/mol. The number of nitrogens with zero attached hydrogens (tertiary/aromatic N) is 5. The van der Waals surface area contributed by atoms with Crippen molar-refractivity contribution in [3.8, 4) is 0 Å². The summed E-state index contributed by atoms with van der Waals surface area (Å²) in [4.78, 5) is 27.6. The Morgan fingerprint density at radius 3 is 2.42 bits per heavy atom. The van der Waals surface area contributed by atoms with Crippen molar-refractivity contribution in [1.29, 1.82) is 0 Å². The van der Waals surface area contributed by atoms with Gasteiger partial charge in [-0.3, -0.25) is 4.98 Å². The lowest BCUT2D eigenvalue weighted by Crippen LogP contribution is -2.50. The van der Waals surface area contributed by atoms with Crippen molar-refractivity contribution in [2.24, 2.45) is 0 Å². The zero-order valence-electron chi connectivity index (χ0n) is 14.8. The second-order valence-corrected chi connectivity index (χ2v) is 6.68. The first-order chi connectivity index (χ1) is 12.8. The van der Waals surface area contributed by atoms with Crippen LogP contribution in [-0.2, 0) is 0 Å². The highest BCUT2D eigenvalue weighted by molar-refractivity contribution is 5.93. The fraction of sp³-hybridized carbons (Fsp3) is 0.421. The van der Waals surface area contributed by atoms with Crippen LogP contribution in [0.3, 0.4) is 0 Å². The molecule has 2 aromatic rings. The fourth-order valence-corrected chi connectivity index (χ4v) is 3.60. The van der Waals surface area contributed by atoms with Gasteiger partial charge in [0.2, 0.25) is 0 Å². The fourth-order valence-electron chi connectivity index (χ4n) is 3.60. The van der Waals surface area contributed by atoms with E-state index in [1.165, 1.54) is 12.8 Å². The van der Waals surface area contributed by atoms with Crippen molar-refractivity contribution in [1.82, 2.24) is 14.9 Å². The molecule has 4 rings (SSSR count). The molecule has 2 aliphatic rings. The van der Waals surface area contributed by atoms with Gasteiger partial charge in [-0.15, -0.1) is 0 Å². The molecular weight excluding hydrogens is 328 g/mol. The van der Waals surface area contributed by atoms with Crippen molar-refractivity contribution in [3.63, 3.8) is 0 Å². The third-order valence-corrected chi connectivity index (χ3v) is 5.03. The maximum Gasteiger partial charge on any atom is 0.322 e. The van der Waals surface area contributed by atoms with Crippen LogP contribution in [0, 0.1) is 0 Å². The number of carbonyl (C=O) groups excluding carboxylic acids is 1. The standard InChI is InChI=1S/C19H24N6O/c26-19(22-16-5-1-2-6-17(16)23-9-3-4-10-23)25-13-11-24(12-14-25)18-15-20-7-8-21-18/h1-2,5-8,15H,3-4,9-14H2,(H,22,26). The van der Waals surface area contributed by atoms with Crippen LogP contribution in [0.4, 0.5) is 22.0 Å². The predicted molar refractivity (Wildman–Crippen MR) is 103 cm³/mol. The van der Waals surface area contributed by atoms with Gasteiger partial charge in [0.05, 0.1) is 17.6 Å². The minimum atomic E-state index is -0.0320. The van der Waals surface area contributed by atoms with E-state index < -0.39 is 0 Å². The predicted octanol–water partition coefficient (Wildman–Crippen LogP) is 2.43. The highest BCUT2D eigenvalue weighted by Gasteiger charge is 2.23. The molecule has 26 heavy (non-hydrogen) atoms. The Morgan fingerprint density at radius 2 is 1.69 bits per heavy atom. The summed E-state index contributed by atoms with van der Waals surface area (Å²) in [7, 11) is 0. The maximum absolute atomic E-state index is 12.7. The molecule has 2 fully saturated rings. The van der Waals surface area contributed by atoms with E-state index in [4.69, 9.17) is 0 Å². The number of hydrogen-bond donors (Lipinski definition) is 1. The Morgan fingerprint density at radius 1 is 0.923 bits per heavy atom. The van der Waals surface area contributed by atoms with Crippen molar-refractivity contribution in [2.45, 2.75) is 12.8 Å². The molecular formula is C19H24N6O. The summed E-state index contributed by atoms with van der Waals surface area (Å²) in [6.45, 7) is 5.00. The molecule has 0 aliphatic carbocycles. The molecule has 2 amide bonds. The number of piperazine rings is 1. The minimum Gasteiger partial charge on any atom is -0.370 e. The summed E-state index contributed by atoms with van der Waals surface area (Å²) >= 11 is 0. The largest absolute Gasteiger partial charge is 0.370 e. The molecule has 7 nitrogen and oxygen atoms in total. The van der Waals surface area contributed by atoms with Crippen molar-refractivity contribution in [3.05, 3.63) is 42.9 Å². The lowest BCUT2D eigenvalue weighted by Gasteiger charge is -2.35. The molecule has 1 aromatic carbocycles. The van der Waals surface area contributed by atoms with Crippen molar-refractivity contribution >= 4 is 23.2 Å². The SMILES string of the molecule is O=C(Nc1ccccc1N1CCCC1)N1CCN(c2cnccn2)CC1. The number of benzene rings is 1. The highest BCUT2D eigenvalue weighted by atomic mass is 16.2. The van der Waals surface area contributed by atoms with Gasteiger partial charge in [0.15, 0.2) is 0 Å². The Balaban J connectivity index is 1.38. The second kappa shape index (κ2) is 7.59. The van der Waals surface area contributed by atoms with E-state index in [0.717, 1.165) is 43.4 Å². The van der Waals surface area contributed by atoms with Crippen LogP contribution in [0.2, 0.25) is 0 Å². The number of anilines is 3. The Kier molecular flexibility index (Phi) is 4.86. The topological polar surface area (TPSA) is 64.6 Å². The minimum absolute atomic E-state index is 0.0320. The number of para-hydroxylation sites is 2. The van der Waals surface area contributed by atoms with Gasteiger partial charge in [0.25, 0.3) is 0 Å². The molecule has 2 aliphatic heterocycles. The summed E-state index contributed by atoms with van der Waals surface area (Å²) in [5.74, 6) is 0.868. The first-order valence-electron chi connectivity index (χ1n) is 9.22. The van der Waals surface area contributed by atoms with E-state index in [9.17, 15) is 4.79 Å². The quantitative estimate of drug-likeness (QED) is 0.919. The Hall–Kier alpha value is -2.83. The summed E-state index contributed by atoms with van der Waals surface area (Å²) in [5.41, 5.74) is 2.02. The zero-order valence-corrected chi connectivity index (χ0v) is 14.8. The van der Waals surface area contributed by atoms with Crippen LogP contribution < -0.4 is 15.1 Å². The molecule has 0 bridgehead atoms. The van der Waals surface area contributed by atoms with E-state index in [0.29, 0.717) is 13.1 Å². The van der Waals surface area contributed by atoms with Crippen LogP contribution in [0.5, 0.6) is 0 Å². The molecule has 0 saturated carbocycles. The molecule has 3 heterocycles. The highest BCUT2D eigenvalue weighted by Crippen LogP contribution is 2.29. The first kappa shape index (κ1) is 16.6. The van der Waals surface area contributed by atoms with Gasteiger partial charge in [-0.2, -0.15) is 0 Å². The lowest BCUT2D eigenvalue weighted by molar-refractivity contribution is 0.208. The van der Waals surface area contributed by atoms with Gasteiger partial charge >= 0.3 is 6.03 Å². The Bertz CT molecular complexity index is 739. The van der Waals surface area contributed by atoms with Crippen molar-refractivity contribution < 1.29 is 4.79 Å².